The van der Waals surface area contributed by atoms with Gasteiger partial charge in [-0.1, -0.05) is 6.92 Å². The second-order valence-electron chi connectivity index (χ2n) is 4.60. The molecule has 1 aromatic carbocycles. The normalized spacial score (nSPS) is 11.6. The van der Waals surface area contributed by atoms with E-state index in [0.29, 0.717) is 30.0 Å². The molecule has 0 heterocycles. The van der Waals surface area contributed by atoms with Gasteiger partial charge in [-0.3, -0.25) is 4.79 Å². The number of hydrogen-bond acceptors (Lipinski definition) is 4. The molecule has 1 aromatic rings. The lowest BCUT2D eigenvalue weighted by atomic mass is 10.0. The van der Waals surface area contributed by atoms with Crippen LogP contribution in [-0.2, 0) is 9.59 Å². The van der Waals surface area contributed by atoms with Crippen LogP contribution in [0.2, 0.25) is 0 Å². The maximum absolute atomic E-state index is 11.8. The van der Waals surface area contributed by atoms with Crippen molar-refractivity contribution in [3.05, 3.63) is 23.8 Å². The largest absolute Gasteiger partial charge is 0.497 e. The molecule has 0 bridgehead atoms. The van der Waals surface area contributed by atoms with E-state index in [0.717, 1.165) is 0 Å². The minimum atomic E-state index is -1.09. The molecule has 0 saturated heterocycles. The van der Waals surface area contributed by atoms with E-state index >= 15 is 0 Å². The summed E-state index contributed by atoms with van der Waals surface area (Å²) in [4.78, 5) is 24.7. The minimum Gasteiger partial charge on any atom is -0.497 e. The summed E-state index contributed by atoms with van der Waals surface area (Å²) < 4.78 is 10.3. The third kappa shape index (κ3) is 4.11. The molecule has 0 radical (unpaired) electrons. The Morgan fingerprint density at radius 1 is 1.19 bits per heavy atom. The van der Waals surface area contributed by atoms with Crippen LogP contribution in [-0.4, -0.2) is 42.6 Å². The van der Waals surface area contributed by atoms with Crippen LogP contribution in [0, 0.1) is 0 Å². The Morgan fingerprint density at radius 3 is 2.05 bits per heavy atom. The second kappa shape index (κ2) is 7.52. The molecule has 116 valence electrons. The molecular weight excluding hydrogens is 274 g/mol. The van der Waals surface area contributed by atoms with Crippen molar-refractivity contribution in [2.24, 2.45) is 0 Å². The minimum absolute atomic E-state index is 0.286. The Labute approximate surface area is 124 Å². The number of carbonyl (C=O) groups is 2. The van der Waals surface area contributed by atoms with Crippen LogP contribution in [0.3, 0.4) is 0 Å². The molecule has 0 aliphatic rings. The first kappa shape index (κ1) is 16.8. The summed E-state index contributed by atoms with van der Waals surface area (Å²) in [5, 5.41) is 9.52. The van der Waals surface area contributed by atoms with Crippen molar-refractivity contribution in [1.29, 1.82) is 0 Å². The molecule has 0 spiro atoms. The van der Waals surface area contributed by atoms with E-state index in [1.165, 1.54) is 26.0 Å². The van der Waals surface area contributed by atoms with Crippen LogP contribution in [0.25, 0.3) is 0 Å². The van der Waals surface area contributed by atoms with Crippen LogP contribution < -0.4 is 9.47 Å². The van der Waals surface area contributed by atoms with Gasteiger partial charge in [-0.25, -0.2) is 4.79 Å². The Kier molecular flexibility index (Phi) is 6.02. The molecule has 1 unspecified atom stereocenters. The maximum Gasteiger partial charge on any atom is 0.331 e. The topological polar surface area (TPSA) is 76.1 Å². The SMILES string of the molecule is CCCN(C(C)=O)C(C(=O)O)c1cc(OC)cc(OC)c1. The molecule has 1 N–H and O–H groups in total. The number of methoxy groups -OCH3 is 2. The highest BCUT2D eigenvalue weighted by atomic mass is 16.5. The molecule has 6 heteroatoms. The van der Waals surface area contributed by atoms with Crippen LogP contribution in [0.1, 0.15) is 31.9 Å². The standard InChI is InChI=1S/C15H21NO5/c1-5-6-16(10(2)17)14(15(18)19)11-7-12(20-3)9-13(8-11)21-4/h7-9,14H,5-6H2,1-4H3,(H,18,19). The quantitative estimate of drug-likeness (QED) is 0.833. The summed E-state index contributed by atoms with van der Waals surface area (Å²) in [5.41, 5.74) is 0.447. The number of aliphatic carboxylic acids is 1. The molecular formula is C15H21NO5. The van der Waals surface area contributed by atoms with E-state index in [-0.39, 0.29) is 5.91 Å². The molecule has 0 aliphatic carbocycles. The number of nitrogens with zero attached hydrogens (tertiary/aromatic N) is 1. The van der Waals surface area contributed by atoms with Crippen LogP contribution in [0.15, 0.2) is 18.2 Å². The van der Waals surface area contributed by atoms with E-state index in [9.17, 15) is 14.7 Å². The van der Waals surface area contributed by atoms with Gasteiger partial charge < -0.3 is 19.5 Å². The summed E-state index contributed by atoms with van der Waals surface area (Å²) in [6.45, 7) is 3.62. The molecule has 0 aliphatic heterocycles. The number of amides is 1. The van der Waals surface area contributed by atoms with Gasteiger partial charge in [0.2, 0.25) is 5.91 Å². The first-order chi connectivity index (χ1) is 9.94. The molecule has 21 heavy (non-hydrogen) atoms. The van der Waals surface area contributed by atoms with E-state index in [1.54, 1.807) is 18.2 Å². The van der Waals surface area contributed by atoms with E-state index in [4.69, 9.17) is 9.47 Å². The summed E-state index contributed by atoms with van der Waals surface area (Å²) in [7, 11) is 2.98. The molecule has 0 aromatic heterocycles. The first-order valence-electron chi connectivity index (χ1n) is 6.67. The number of hydrogen-bond donors (Lipinski definition) is 1. The summed E-state index contributed by atoms with van der Waals surface area (Å²) in [6, 6.07) is 3.80. The van der Waals surface area contributed by atoms with Gasteiger partial charge in [0.1, 0.15) is 11.5 Å². The predicted octanol–water partition coefficient (Wildman–Crippen LogP) is 2.09. The predicted molar refractivity (Wildman–Crippen MR) is 77.6 cm³/mol. The van der Waals surface area contributed by atoms with Crippen LogP contribution in [0.5, 0.6) is 11.5 Å². The zero-order valence-electron chi connectivity index (χ0n) is 12.8. The van der Waals surface area contributed by atoms with Gasteiger partial charge in [0.25, 0.3) is 0 Å². The van der Waals surface area contributed by atoms with Gasteiger partial charge in [0.05, 0.1) is 14.2 Å². The molecule has 0 saturated carbocycles. The average molecular weight is 295 g/mol. The Hall–Kier alpha value is -2.24. The van der Waals surface area contributed by atoms with E-state index in [2.05, 4.69) is 0 Å². The Balaban J connectivity index is 3.33. The molecule has 1 rings (SSSR count). The highest BCUT2D eigenvalue weighted by Gasteiger charge is 2.29. The van der Waals surface area contributed by atoms with Gasteiger partial charge in [-0.15, -0.1) is 0 Å². The number of rotatable bonds is 7. The third-order valence-electron chi connectivity index (χ3n) is 3.10. The number of ether oxygens (including phenoxy) is 2. The van der Waals surface area contributed by atoms with Gasteiger partial charge in [0.15, 0.2) is 6.04 Å². The lowest BCUT2D eigenvalue weighted by Crippen LogP contribution is -2.38. The summed E-state index contributed by atoms with van der Waals surface area (Å²) in [5.74, 6) is -0.411. The monoisotopic (exact) mass is 295 g/mol. The lowest BCUT2D eigenvalue weighted by Gasteiger charge is -2.28. The van der Waals surface area contributed by atoms with E-state index in [1.807, 2.05) is 6.92 Å². The van der Waals surface area contributed by atoms with Crippen LogP contribution in [0.4, 0.5) is 0 Å². The number of carboxylic acids is 1. The van der Waals surface area contributed by atoms with Crippen LogP contribution >= 0.6 is 0 Å². The van der Waals surface area contributed by atoms with Crippen molar-refractivity contribution < 1.29 is 24.2 Å². The second-order valence-corrected chi connectivity index (χ2v) is 4.60. The number of carbonyl (C=O) groups excluding carboxylic acids is 1. The maximum atomic E-state index is 11.8. The van der Waals surface area contributed by atoms with Crippen molar-refractivity contribution >= 4 is 11.9 Å². The van der Waals surface area contributed by atoms with Crippen molar-refractivity contribution in [2.75, 3.05) is 20.8 Å². The van der Waals surface area contributed by atoms with Gasteiger partial charge in [-0.05, 0) is 24.1 Å². The zero-order valence-corrected chi connectivity index (χ0v) is 12.8. The Bertz CT molecular complexity index is 493. The fourth-order valence-corrected chi connectivity index (χ4v) is 2.15. The first-order valence-corrected chi connectivity index (χ1v) is 6.67. The molecule has 1 atom stereocenters. The van der Waals surface area contributed by atoms with Gasteiger partial charge in [0, 0.05) is 19.5 Å². The highest BCUT2D eigenvalue weighted by molar-refractivity contribution is 5.83. The fraction of sp³-hybridized carbons (Fsp3) is 0.467. The van der Waals surface area contributed by atoms with Crippen molar-refractivity contribution in [3.63, 3.8) is 0 Å². The zero-order chi connectivity index (χ0) is 16.0. The molecule has 1 amide bonds. The van der Waals surface area contributed by atoms with Crippen molar-refractivity contribution in [3.8, 4) is 11.5 Å². The smallest absolute Gasteiger partial charge is 0.331 e. The van der Waals surface area contributed by atoms with Crippen molar-refractivity contribution in [1.82, 2.24) is 4.90 Å². The number of carboxylic acid groups (broad SMARTS) is 1. The van der Waals surface area contributed by atoms with E-state index < -0.39 is 12.0 Å². The average Bonchev–Trinajstić information content (AvgIpc) is 2.45. The fourth-order valence-electron chi connectivity index (χ4n) is 2.15. The molecule has 6 nitrogen and oxygen atoms in total. The van der Waals surface area contributed by atoms with Gasteiger partial charge in [-0.2, -0.15) is 0 Å². The Morgan fingerprint density at radius 2 is 1.71 bits per heavy atom. The number of benzene rings is 1. The highest BCUT2D eigenvalue weighted by Crippen LogP contribution is 2.30. The summed E-state index contributed by atoms with van der Waals surface area (Å²) >= 11 is 0. The lowest BCUT2D eigenvalue weighted by molar-refractivity contribution is -0.149. The summed E-state index contributed by atoms with van der Waals surface area (Å²) in [6.07, 6.45) is 0.671. The van der Waals surface area contributed by atoms with Gasteiger partial charge >= 0.3 is 5.97 Å². The molecule has 0 fully saturated rings. The van der Waals surface area contributed by atoms with Crippen molar-refractivity contribution in [2.45, 2.75) is 26.3 Å². The third-order valence-corrected chi connectivity index (χ3v) is 3.10.